The molecule has 0 spiro atoms. The summed E-state index contributed by atoms with van der Waals surface area (Å²) in [7, 11) is 0. The molecule has 6 nitrogen and oxygen atoms in total. The van der Waals surface area contributed by atoms with E-state index >= 15 is 0 Å². The largest absolute Gasteiger partial charge is 0.368 e. The fraction of sp³-hybridized carbons (Fsp3) is 0.478. The average molecular weight is 393 g/mol. The number of hydrogen-bond donors (Lipinski definition) is 0. The van der Waals surface area contributed by atoms with Gasteiger partial charge in [0.25, 0.3) is 0 Å². The molecule has 3 aliphatic rings. The minimum atomic E-state index is -0.219. The van der Waals surface area contributed by atoms with E-state index in [-0.39, 0.29) is 24.4 Å². The maximum atomic E-state index is 12.9. The van der Waals surface area contributed by atoms with Gasteiger partial charge < -0.3 is 14.7 Å². The summed E-state index contributed by atoms with van der Waals surface area (Å²) in [5.74, 6) is 0.236. The molecule has 3 heterocycles. The summed E-state index contributed by atoms with van der Waals surface area (Å²) >= 11 is 0. The summed E-state index contributed by atoms with van der Waals surface area (Å²) in [4.78, 5) is 33.6. The monoisotopic (exact) mass is 392 g/mol. The predicted molar refractivity (Wildman–Crippen MR) is 114 cm³/mol. The Morgan fingerprint density at radius 1 is 1.00 bits per heavy atom. The molecule has 3 fully saturated rings. The SMILES string of the molecule is C[C@@H]1CN(c2cccc3ccccc23)CCN1CN1CC(=O)N2CCC[C@@H]2C1=O. The molecule has 6 heteroatoms. The van der Waals surface area contributed by atoms with Crippen LogP contribution in [0.1, 0.15) is 19.8 Å². The van der Waals surface area contributed by atoms with Crippen LogP contribution in [0.5, 0.6) is 0 Å². The second-order valence-corrected chi connectivity index (χ2v) is 8.53. The van der Waals surface area contributed by atoms with E-state index in [0.717, 1.165) is 39.0 Å². The van der Waals surface area contributed by atoms with Crippen LogP contribution in [0.15, 0.2) is 42.5 Å². The van der Waals surface area contributed by atoms with Crippen molar-refractivity contribution in [2.75, 3.05) is 44.3 Å². The van der Waals surface area contributed by atoms with Crippen LogP contribution in [-0.2, 0) is 9.59 Å². The number of nitrogens with zero attached hydrogens (tertiary/aromatic N) is 4. The zero-order valence-electron chi connectivity index (χ0n) is 17.0. The first-order valence-corrected chi connectivity index (χ1v) is 10.7. The minimum absolute atomic E-state index is 0.106. The quantitative estimate of drug-likeness (QED) is 0.803. The van der Waals surface area contributed by atoms with Crippen molar-refractivity contribution >= 4 is 28.3 Å². The Hall–Kier alpha value is -2.60. The summed E-state index contributed by atoms with van der Waals surface area (Å²) in [5, 5.41) is 2.55. The van der Waals surface area contributed by atoms with Gasteiger partial charge in [0.05, 0.1) is 6.67 Å². The molecule has 0 bridgehead atoms. The Kier molecular flexibility index (Phi) is 4.66. The number of fused-ring (bicyclic) bond motifs is 2. The summed E-state index contributed by atoms with van der Waals surface area (Å²) in [5.41, 5.74) is 1.28. The number of anilines is 1. The van der Waals surface area contributed by atoms with Gasteiger partial charge in [-0.05, 0) is 31.2 Å². The van der Waals surface area contributed by atoms with Crippen LogP contribution in [0, 0.1) is 0 Å². The van der Waals surface area contributed by atoms with Crippen LogP contribution in [0.4, 0.5) is 5.69 Å². The van der Waals surface area contributed by atoms with E-state index < -0.39 is 0 Å². The molecule has 2 aromatic rings. The van der Waals surface area contributed by atoms with Gasteiger partial charge in [0.2, 0.25) is 11.8 Å². The van der Waals surface area contributed by atoms with Crippen molar-refractivity contribution in [1.29, 1.82) is 0 Å². The molecule has 5 rings (SSSR count). The third kappa shape index (κ3) is 3.25. The van der Waals surface area contributed by atoms with Gasteiger partial charge in [0.1, 0.15) is 12.6 Å². The minimum Gasteiger partial charge on any atom is -0.368 e. The number of benzene rings is 2. The van der Waals surface area contributed by atoms with E-state index in [2.05, 4.69) is 59.2 Å². The average Bonchev–Trinajstić information content (AvgIpc) is 3.24. The van der Waals surface area contributed by atoms with Crippen molar-refractivity contribution in [3.05, 3.63) is 42.5 Å². The van der Waals surface area contributed by atoms with Gasteiger partial charge in [0.15, 0.2) is 0 Å². The third-order valence-electron chi connectivity index (χ3n) is 6.72. The molecule has 29 heavy (non-hydrogen) atoms. The van der Waals surface area contributed by atoms with Crippen LogP contribution >= 0.6 is 0 Å². The van der Waals surface area contributed by atoms with Gasteiger partial charge >= 0.3 is 0 Å². The molecular weight excluding hydrogens is 364 g/mol. The smallest absolute Gasteiger partial charge is 0.246 e. The molecule has 152 valence electrons. The van der Waals surface area contributed by atoms with Crippen molar-refractivity contribution in [3.63, 3.8) is 0 Å². The van der Waals surface area contributed by atoms with Crippen molar-refractivity contribution in [2.45, 2.75) is 31.8 Å². The van der Waals surface area contributed by atoms with E-state index in [1.807, 2.05) is 0 Å². The highest BCUT2D eigenvalue weighted by Gasteiger charge is 2.42. The molecule has 3 aliphatic heterocycles. The van der Waals surface area contributed by atoms with Gasteiger partial charge in [-0.15, -0.1) is 0 Å². The Balaban J connectivity index is 1.28. The zero-order valence-corrected chi connectivity index (χ0v) is 17.0. The van der Waals surface area contributed by atoms with Crippen LogP contribution in [0.2, 0.25) is 0 Å². The lowest BCUT2D eigenvalue weighted by Crippen LogP contribution is -2.62. The van der Waals surface area contributed by atoms with Gasteiger partial charge in [-0.3, -0.25) is 14.5 Å². The van der Waals surface area contributed by atoms with E-state index in [4.69, 9.17) is 0 Å². The summed E-state index contributed by atoms with van der Waals surface area (Å²) < 4.78 is 0. The lowest BCUT2D eigenvalue weighted by atomic mass is 10.1. The number of piperazine rings is 2. The molecule has 0 unspecified atom stereocenters. The van der Waals surface area contributed by atoms with Crippen molar-refractivity contribution in [3.8, 4) is 0 Å². The predicted octanol–water partition coefficient (Wildman–Crippen LogP) is 2.14. The molecule has 3 saturated heterocycles. The Morgan fingerprint density at radius 2 is 1.83 bits per heavy atom. The molecule has 0 radical (unpaired) electrons. The van der Waals surface area contributed by atoms with Gasteiger partial charge in [-0.25, -0.2) is 0 Å². The molecule has 2 amide bonds. The highest BCUT2D eigenvalue weighted by Crippen LogP contribution is 2.29. The molecule has 0 aromatic heterocycles. The number of hydrogen-bond acceptors (Lipinski definition) is 4. The van der Waals surface area contributed by atoms with Gasteiger partial charge in [0, 0.05) is 43.3 Å². The number of carbonyl (C=O) groups is 2. The van der Waals surface area contributed by atoms with E-state index in [1.165, 1.54) is 16.5 Å². The van der Waals surface area contributed by atoms with Crippen LogP contribution in [0.3, 0.4) is 0 Å². The molecular formula is C23H28N4O2. The van der Waals surface area contributed by atoms with Crippen LogP contribution in [0.25, 0.3) is 10.8 Å². The normalized spacial score (nSPS) is 25.8. The maximum Gasteiger partial charge on any atom is 0.246 e. The number of amides is 2. The summed E-state index contributed by atoms with van der Waals surface area (Å²) in [6, 6.07) is 15.1. The maximum absolute atomic E-state index is 12.9. The lowest BCUT2D eigenvalue weighted by molar-refractivity contribution is -0.156. The van der Waals surface area contributed by atoms with E-state index in [1.54, 1.807) is 9.80 Å². The van der Waals surface area contributed by atoms with E-state index in [9.17, 15) is 9.59 Å². The summed E-state index contributed by atoms with van der Waals surface area (Å²) in [6.07, 6.45) is 1.75. The molecule has 0 saturated carbocycles. The summed E-state index contributed by atoms with van der Waals surface area (Å²) in [6.45, 7) is 6.46. The Morgan fingerprint density at radius 3 is 2.69 bits per heavy atom. The second kappa shape index (κ2) is 7.34. The third-order valence-corrected chi connectivity index (χ3v) is 6.72. The molecule has 2 atom stereocenters. The van der Waals surface area contributed by atoms with Gasteiger partial charge in [-0.1, -0.05) is 36.4 Å². The van der Waals surface area contributed by atoms with Crippen LogP contribution in [-0.4, -0.2) is 78.0 Å². The van der Waals surface area contributed by atoms with E-state index in [0.29, 0.717) is 12.7 Å². The highest BCUT2D eigenvalue weighted by molar-refractivity contribution is 5.95. The first kappa shape index (κ1) is 18.4. The Bertz CT molecular complexity index is 940. The highest BCUT2D eigenvalue weighted by atomic mass is 16.2. The Labute approximate surface area is 171 Å². The fourth-order valence-electron chi connectivity index (χ4n) is 5.11. The number of rotatable bonds is 3. The van der Waals surface area contributed by atoms with Crippen molar-refractivity contribution < 1.29 is 9.59 Å². The van der Waals surface area contributed by atoms with Crippen molar-refractivity contribution in [1.82, 2.24) is 14.7 Å². The number of carbonyl (C=O) groups excluding carboxylic acids is 2. The fourth-order valence-corrected chi connectivity index (χ4v) is 5.11. The van der Waals surface area contributed by atoms with Crippen LogP contribution < -0.4 is 4.90 Å². The molecule has 0 N–H and O–H groups in total. The topological polar surface area (TPSA) is 47.1 Å². The van der Waals surface area contributed by atoms with Gasteiger partial charge in [-0.2, -0.15) is 0 Å². The zero-order chi connectivity index (χ0) is 20.0. The first-order valence-electron chi connectivity index (χ1n) is 10.7. The molecule has 2 aromatic carbocycles. The second-order valence-electron chi connectivity index (χ2n) is 8.53. The standard InChI is InChI=1S/C23H28N4O2/c1-17-14-24(20-9-4-7-18-6-2-3-8-19(18)20)12-13-25(17)16-26-15-22(28)27-11-5-10-21(27)23(26)29/h2-4,6-9,17,21H,5,10-16H2,1H3/t17-,21-/m1/s1. The first-order chi connectivity index (χ1) is 14.1. The molecule has 0 aliphatic carbocycles. The van der Waals surface area contributed by atoms with Crippen molar-refractivity contribution in [2.24, 2.45) is 0 Å². The lowest BCUT2D eigenvalue weighted by Gasteiger charge is -2.45.